The van der Waals surface area contributed by atoms with Gasteiger partial charge in [0.15, 0.2) is 0 Å². The molecule has 21 heavy (non-hydrogen) atoms. The van der Waals surface area contributed by atoms with Crippen LogP contribution in [0.1, 0.15) is 37.3 Å². The Morgan fingerprint density at radius 1 is 1.14 bits per heavy atom. The highest BCUT2D eigenvalue weighted by atomic mass is 16.5. The number of amides is 1. The Morgan fingerprint density at radius 3 is 2.33 bits per heavy atom. The first-order valence-electron chi connectivity index (χ1n) is 7.45. The standard InChI is InChI=1S/C17H25NO3/c1-4-5-6-14-7-9-15(10-8-14)13-16(19)18(2)12-11-17(20)21-3/h7-10H,4-6,11-13H2,1-3H3. The zero-order valence-electron chi connectivity index (χ0n) is 13.2. The first-order valence-corrected chi connectivity index (χ1v) is 7.45. The Kier molecular flexibility index (Phi) is 7.51. The van der Waals surface area contributed by atoms with E-state index in [0.717, 1.165) is 12.0 Å². The monoisotopic (exact) mass is 291 g/mol. The van der Waals surface area contributed by atoms with E-state index in [2.05, 4.69) is 23.8 Å². The van der Waals surface area contributed by atoms with Gasteiger partial charge in [-0.3, -0.25) is 9.59 Å². The van der Waals surface area contributed by atoms with Crippen molar-refractivity contribution in [3.05, 3.63) is 35.4 Å². The number of hydrogen-bond donors (Lipinski definition) is 0. The molecule has 0 saturated heterocycles. The predicted octanol–water partition coefficient (Wildman–Crippen LogP) is 2.59. The molecule has 0 radical (unpaired) electrons. The van der Waals surface area contributed by atoms with Crippen LogP contribution in [0, 0.1) is 0 Å². The molecule has 1 amide bonds. The molecule has 0 spiro atoms. The summed E-state index contributed by atoms with van der Waals surface area (Å²) in [6.07, 6.45) is 4.06. The Labute approximate surface area is 127 Å². The summed E-state index contributed by atoms with van der Waals surface area (Å²) < 4.78 is 4.57. The number of carbonyl (C=O) groups excluding carboxylic acids is 2. The van der Waals surface area contributed by atoms with Crippen molar-refractivity contribution in [3.8, 4) is 0 Å². The molecule has 0 aliphatic carbocycles. The predicted molar refractivity (Wildman–Crippen MR) is 83.0 cm³/mol. The average Bonchev–Trinajstić information content (AvgIpc) is 2.51. The Balaban J connectivity index is 2.44. The molecule has 4 heteroatoms. The van der Waals surface area contributed by atoms with Gasteiger partial charge >= 0.3 is 5.97 Å². The fourth-order valence-electron chi connectivity index (χ4n) is 2.00. The maximum atomic E-state index is 12.0. The molecule has 0 saturated carbocycles. The SMILES string of the molecule is CCCCc1ccc(CC(=O)N(C)CCC(=O)OC)cc1. The molecule has 0 fully saturated rings. The lowest BCUT2D eigenvalue weighted by molar-refractivity contribution is -0.141. The van der Waals surface area contributed by atoms with Gasteiger partial charge in [0.05, 0.1) is 20.0 Å². The Hall–Kier alpha value is -1.84. The molecule has 1 aromatic rings. The number of nitrogens with zero attached hydrogens (tertiary/aromatic N) is 1. The minimum absolute atomic E-state index is 0.0141. The van der Waals surface area contributed by atoms with Crippen LogP contribution < -0.4 is 0 Å². The molecule has 0 heterocycles. The normalized spacial score (nSPS) is 10.2. The average molecular weight is 291 g/mol. The van der Waals surface area contributed by atoms with Gasteiger partial charge in [-0.2, -0.15) is 0 Å². The van der Waals surface area contributed by atoms with Gasteiger partial charge < -0.3 is 9.64 Å². The lowest BCUT2D eigenvalue weighted by atomic mass is 10.0. The topological polar surface area (TPSA) is 46.6 Å². The summed E-state index contributed by atoms with van der Waals surface area (Å²) in [5.74, 6) is -0.282. The van der Waals surface area contributed by atoms with Crippen molar-refractivity contribution in [3.63, 3.8) is 0 Å². The maximum Gasteiger partial charge on any atom is 0.307 e. The van der Waals surface area contributed by atoms with Crippen LogP contribution in [0.25, 0.3) is 0 Å². The van der Waals surface area contributed by atoms with Crippen LogP contribution in [0.5, 0.6) is 0 Å². The number of ether oxygens (including phenoxy) is 1. The van der Waals surface area contributed by atoms with Crippen LogP contribution in [0.2, 0.25) is 0 Å². The van der Waals surface area contributed by atoms with Gasteiger partial charge in [0.2, 0.25) is 5.91 Å². The van der Waals surface area contributed by atoms with E-state index >= 15 is 0 Å². The van der Waals surface area contributed by atoms with E-state index < -0.39 is 0 Å². The summed E-state index contributed by atoms with van der Waals surface area (Å²) in [5.41, 5.74) is 2.32. The minimum atomic E-state index is -0.296. The van der Waals surface area contributed by atoms with Crippen LogP contribution in [0.4, 0.5) is 0 Å². The molecule has 1 rings (SSSR count). The molecule has 0 atom stereocenters. The third kappa shape index (κ3) is 6.43. The quantitative estimate of drug-likeness (QED) is 0.692. The maximum absolute atomic E-state index is 12.0. The van der Waals surface area contributed by atoms with Crippen LogP contribution in [-0.4, -0.2) is 37.5 Å². The number of rotatable bonds is 8. The number of benzene rings is 1. The summed E-state index contributed by atoms with van der Waals surface area (Å²) in [6.45, 7) is 2.57. The molecule has 0 unspecified atom stereocenters. The highest BCUT2D eigenvalue weighted by molar-refractivity contribution is 5.79. The van der Waals surface area contributed by atoms with Gasteiger partial charge in [0.1, 0.15) is 0 Å². The van der Waals surface area contributed by atoms with Crippen molar-refractivity contribution in [1.29, 1.82) is 0 Å². The molecule has 4 nitrogen and oxygen atoms in total. The minimum Gasteiger partial charge on any atom is -0.469 e. The van der Waals surface area contributed by atoms with E-state index in [1.807, 2.05) is 12.1 Å². The molecule has 116 valence electrons. The first kappa shape index (κ1) is 17.2. The van der Waals surface area contributed by atoms with Crippen molar-refractivity contribution in [1.82, 2.24) is 4.90 Å². The molecule has 1 aromatic carbocycles. The van der Waals surface area contributed by atoms with Crippen molar-refractivity contribution < 1.29 is 14.3 Å². The number of hydrogen-bond acceptors (Lipinski definition) is 3. The number of unbranched alkanes of at least 4 members (excludes halogenated alkanes) is 1. The van der Waals surface area contributed by atoms with Crippen molar-refractivity contribution in [2.24, 2.45) is 0 Å². The highest BCUT2D eigenvalue weighted by Gasteiger charge is 2.11. The molecular weight excluding hydrogens is 266 g/mol. The van der Waals surface area contributed by atoms with Crippen molar-refractivity contribution in [2.45, 2.75) is 39.0 Å². The summed E-state index contributed by atoms with van der Waals surface area (Å²) >= 11 is 0. The first-order chi connectivity index (χ1) is 10.1. The second-order valence-corrected chi connectivity index (χ2v) is 5.24. The lowest BCUT2D eigenvalue weighted by Crippen LogP contribution is -2.30. The smallest absolute Gasteiger partial charge is 0.307 e. The van der Waals surface area contributed by atoms with E-state index in [1.54, 1.807) is 11.9 Å². The fourth-order valence-corrected chi connectivity index (χ4v) is 2.00. The van der Waals surface area contributed by atoms with Gasteiger partial charge in [0, 0.05) is 13.6 Å². The van der Waals surface area contributed by atoms with E-state index in [4.69, 9.17) is 0 Å². The second-order valence-electron chi connectivity index (χ2n) is 5.24. The van der Waals surface area contributed by atoms with Crippen LogP contribution >= 0.6 is 0 Å². The van der Waals surface area contributed by atoms with Crippen LogP contribution in [0.15, 0.2) is 24.3 Å². The number of likely N-dealkylation sites (N-methyl/N-ethyl adjacent to an activating group) is 1. The second kappa shape index (κ2) is 9.16. The molecule has 0 bridgehead atoms. The van der Waals surface area contributed by atoms with Crippen LogP contribution in [0.3, 0.4) is 0 Å². The molecule has 0 aliphatic heterocycles. The zero-order chi connectivity index (χ0) is 15.7. The summed E-state index contributed by atoms with van der Waals surface area (Å²) in [6, 6.07) is 8.20. The number of carbonyl (C=O) groups is 2. The lowest BCUT2D eigenvalue weighted by Gasteiger charge is -2.16. The van der Waals surface area contributed by atoms with Gasteiger partial charge in [-0.1, -0.05) is 37.6 Å². The highest BCUT2D eigenvalue weighted by Crippen LogP contribution is 2.09. The molecule has 0 aromatic heterocycles. The number of methoxy groups -OCH3 is 1. The van der Waals surface area contributed by atoms with E-state index in [-0.39, 0.29) is 18.3 Å². The van der Waals surface area contributed by atoms with Gasteiger partial charge in [-0.15, -0.1) is 0 Å². The van der Waals surface area contributed by atoms with Crippen molar-refractivity contribution in [2.75, 3.05) is 20.7 Å². The van der Waals surface area contributed by atoms with Gasteiger partial charge in [0.25, 0.3) is 0 Å². The zero-order valence-corrected chi connectivity index (χ0v) is 13.2. The summed E-state index contributed by atoms with van der Waals surface area (Å²) in [7, 11) is 3.06. The molecule has 0 aliphatic rings. The molecule has 0 N–H and O–H groups in total. The number of aryl methyl sites for hydroxylation is 1. The third-order valence-corrected chi connectivity index (χ3v) is 3.50. The molecular formula is C17H25NO3. The van der Waals surface area contributed by atoms with E-state index in [1.165, 1.54) is 25.5 Å². The largest absolute Gasteiger partial charge is 0.469 e. The van der Waals surface area contributed by atoms with E-state index in [9.17, 15) is 9.59 Å². The Morgan fingerprint density at radius 2 is 1.76 bits per heavy atom. The van der Waals surface area contributed by atoms with Gasteiger partial charge in [-0.25, -0.2) is 0 Å². The Bertz CT molecular complexity index is 454. The van der Waals surface area contributed by atoms with Crippen LogP contribution in [-0.2, 0) is 27.2 Å². The van der Waals surface area contributed by atoms with E-state index in [0.29, 0.717) is 13.0 Å². The third-order valence-electron chi connectivity index (χ3n) is 3.50. The number of esters is 1. The summed E-state index contributed by atoms with van der Waals surface area (Å²) in [4.78, 5) is 24.7. The van der Waals surface area contributed by atoms with Gasteiger partial charge in [-0.05, 0) is 24.0 Å². The fraction of sp³-hybridized carbons (Fsp3) is 0.529. The summed E-state index contributed by atoms with van der Waals surface area (Å²) in [5, 5.41) is 0. The van der Waals surface area contributed by atoms with Crippen molar-refractivity contribution >= 4 is 11.9 Å².